The van der Waals surface area contributed by atoms with E-state index in [4.69, 9.17) is 5.73 Å². The van der Waals surface area contributed by atoms with E-state index < -0.39 is 12.1 Å². The Bertz CT molecular complexity index is 420. The van der Waals surface area contributed by atoms with Gasteiger partial charge in [-0.2, -0.15) is 18.3 Å². The molecule has 1 saturated carbocycles. The van der Waals surface area contributed by atoms with Crippen LogP contribution in [0.2, 0.25) is 0 Å². The topological polar surface area (TPSA) is 43.8 Å². The first-order valence-corrected chi connectivity index (χ1v) is 7.23. The monoisotopic (exact) mass is 289 g/mol. The number of hydrogen-bond donors (Lipinski definition) is 1. The predicted molar refractivity (Wildman–Crippen MR) is 71.1 cm³/mol. The van der Waals surface area contributed by atoms with E-state index in [2.05, 4.69) is 5.10 Å². The van der Waals surface area contributed by atoms with Crippen LogP contribution in [0, 0.1) is 11.8 Å². The molecule has 3 nitrogen and oxygen atoms in total. The Morgan fingerprint density at radius 2 is 2.00 bits per heavy atom. The fourth-order valence-electron chi connectivity index (χ4n) is 3.00. The molecule has 0 aliphatic heterocycles. The van der Waals surface area contributed by atoms with Gasteiger partial charge >= 0.3 is 6.18 Å². The second-order valence-corrected chi connectivity index (χ2v) is 5.73. The number of nitrogens with zero attached hydrogens (tertiary/aromatic N) is 2. The van der Waals surface area contributed by atoms with Crippen LogP contribution in [0.25, 0.3) is 0 Å². The van der Waals surface area contributed by atoms with Gasteiger partial charge in [-0.15, -0.1) is 0 Å². The van der Waals surface area contributed by atoms with Crippen molar-refractivity contribution in [2.75, 3.05) is 0 Å². The lowest BCUT2D eigenvalue weighted by molar-refractivity contribution is -0.184. The Morgan fingerprint density at radius 3 is 2.50 bits per heavy atom. The molecule has 2 rings (SSSR count). The molecule has 0 saturated heterocycles. The smallest absolute Gasteiger partial charge is 0.327 e. The Balaban J connectivity index is 1.84. The van der Waals surface area contributed by atoms with Crippen molar-refractivity contribution >= 4 is 0 Å². The average Bonchev–Trinajstić information content (AvgIpc) is 2.85. The number of halogens is 3. The van der Waals surface area contributed by atoms with E-state index in [1.807, 2.05) is 17.8 Å². The molecule has 2 N–H and O–H groups in total. The van der Waals surface area contributed by atoms with Gasteiger partial charge in [0.2, 0.25) is 0 Å². The lowest BCUT2D eigenvalue weighted by Crippen LogP contribution is -2.37. The molecule has 0 aromatic carbocycles. The van der Waals surface area contributed by atoms with Crippen LogP contribution in [0.3, 0.4) is 0 Å². The molecule has 1 fully saturated rings. The highest BCUT2D eigenvalue weighted by molar-refractivity contribution is 5.06. The van der Waals surface area contributed by atoms with Gasteiger partial charge < -0.3 is 5.73 Å². The first-order chi connectivity index (χ1) is 9.40. The molecule has 114 valence electrons. The van der Waals surface area contributed by atoms with Crippen LogP contribution >= 0.6 is 0 Å². The van der Waals surface area contributed by atoms with Crippen molar-refractivity contribution in [3.63, 3.8) is 0 Å². The maximum absolute atomic E-state index is 12.6. The molecule has 0 amide bonds. The van der Waals surface area contributed by atoms with Crippen molar-refractivity contribution in [3.05, 3.63) is 18.0 Å². The number of hydrogen-bond acceptors (Lipinski definition) is 2. The fraction of sp³-hybridized carbons (Fsp3) is 0.786. The standard InChI is InChI=1S/C14H22F3N3/c1-2-20-9-10(8-19-20)7-13(18)11-3-5-12(6-4-11)14(15,16)17/h8-9,11-13H,2-7,18H2,1H3. The number of nitrogens with two attached hydrogens (primary N) is 1. The summed E-state index contributed by atoms with van der Waals surface area (Å²) in [6.07, 6.45) is 2.00. The van der Waals surface area contributed by atoms with Crippen LogP contribution in [0.5, 0.6) is 0 Å². The quantitative estimate of drug-likeness (QED) is 0.925. The van der Waals surface area contributed by atoms with Crippen LogP contribution in [-0.2, 0) is 13.0 Å². The summed E-state index contributed by atoms with van der Waals surface area (Å²) in [5.41, 5.74) is 7.23. The summed E-state index contributed by atoms with van der Waals surface area (Å²) in [5, 5.41) is 4.19. The summed E-state index contributed by atoms with van der Waals surface area (Å²) in [5.74, 6) is -0.938. The highest BCUT2D eigenvalue weighted by atomic mass is 19.4. The van der Waals surface area contributed by atoms with Crippen molar-refractivity contribution in [1.82, 2.24) is 9.78 Å². The van der Waals surface area contributed by atoms with Crippen LogP contribution in [0.15, 0.2) is 12.4 Å². The van der Waals surface area contributed by atoms with Crippen LogP contribution in [-0.4, -0.2) is 22.0 Å². The lowest BCUT2D eigenvalue weighted by atomic mass is 9.77. The predicted octanol–water partition coefficient (Wildman–Crippen LogP) is 3.14. The maximum atomic E-state index is 12.6. The minimum Gasteiger partial charge on any atom is -0.327 e. The highest BCUT2D eigenvalue weighted by Gasteiger charge is 2.42. The largest absolute Gasteiger partial charge is 0.391 e. The molecule has 1 heterocycles. The number of aryl methyl sites for hydroxylation is 1. The molecule has 0 spiro atoms. The number of alkyl halides is 3. The van der Waals surface area contributed by atoms with Gasteiger partial charge in [-0.3, -0.25) is 4.68 Å². The normalized spacial score (nSPS) is 25.6. The zero-order valence-electron chi connectivity index (χ0n) is 11.7. The van der Waals surface area contributed by atoms with E-state index in [-0.39, 0.29) is 24.8 Å². The second-order valence-electron chi connectivity index (χ2n) is 5.73. The molecule has 20 heavy (non-hydrogen) atoms. The van der Waals surface area contributed by atoms with Gasteiger partial charge in [0, 0.05) is 18.8 Å². The molecule has 1 unspecified atom stereocenters. The second kappa shape index (κ2) is 6.16. The van der Waals surface area contributed by atoms with E-state index in [1.165, 1.54) is 0 Å². The third-order valence-corrected chi connectivity index (χ3v) is 4.32. The number of rotatable bonds is 4. The third-order valence-electron chi connectivity index (χ3n) is 4.32. The summed E-state index contributed by atoms with van der Waals surface area (Å²) in [6.45, 7) is 2.82. The van der Waals surface area contributed by atoms with Crippen LogP contribution in [0.1, 0.15) is 38.2 Å². The van der Waals surface area contributed by atoms with Gasteiger partial charge in [-0.25, -0.2) is 0 Å². The van der Waals surface area contributed by atoms with Gasteiger partial charge in [-0.1, -0.05) is 0 Å². The van der Waals surface area contributed by atoms with Gasteiger partial charge in [-0.05, 0) is 50.5 Å². The molecule has 1 atom stereocenters. The van der Waals surface area contributed by atoms with Crippen molar-refractivity contribution in [2.45, 2.75) is 57.8 Å². The molecule has 1 aromatic heterocycles. The van der Waals surface area contributed by atoms with Crippen molar-refractivity contribution in [3.8, 4) is 0 Å². The maximum Gasteiger partial charge on any atom is 0.391 e. The average molecular weight is 289 g/mol. The fourth-order valence-corrected chi connectivity index (χ4v) is 3.00. The summed E-state index contributed by atoms with van der Waals surface area (Å²) in [7, 11) is 0. The summed E-state index contributed by atoms with van der Waals surface area (Å²) >= 11 is 0. The van der Waals surface area contributed by atoms with E-state index in [0.29, 0.717) is 19.3 Å². The first-order valence-electron chi connectivity index (χ1n) is 7.23. The lowest BCUT2D eigenvalue weighted by Gasteiger charge is -2.32. The van der Waals surface area contributed by atoms with Gasteiger partial charge in [0.15, 0.2) is 0 Å². The van der Waals surface area contributed by atoms with E-state index in [9.17, 15) is 13.2 Å². The van der Waals surface area contributed by atoms with E-state index >= 15 is 0 Å². The third kappa shape index (κ3) is 3.75. The Kier molecular flexibility index (Phi) is 4.73. The van der Waals surface area contributed by atoms with Crippen LogP contribution in [0.4, 0.5) is 13.2 Å². The zero-order chi connectivity index (χ0) is 14.8. The zero-order valence-corrected chi connectivity index (χ0v) is 11.7. The molecule has 0 bridgehead atoms. The first kappa shape index (κ1) is 15.4. The van der Waals surface area contributed by atoms with E-state index in [0.717, 1.165) is 12.1 Å². The Labute approximate surface area is 117 Å². The van der Waals surface area contributed by atoms with Crippen molar-refractivity contribution in [2.24, 2.45) is 17.6 Å². The Hall–Kier alpha value is -1.04. The molecule has 0 radical (unpaired) electrons. The Morgan fingerprint density at radius 1 is 1.35 bits per heavy atom. The summed E-state index contributed by atoms with van der Waals surface area (Å²) in [6, 6.07) is -0.0707. The molecule has 1 aliphatic rings. The molecule has 1 aliphatic carbocycles. The van der Waals surface area contributed by atoms with Crippen molar-refractivity contribution in [1.29, 1.82) is 0 Å². The molecule has 1 aromatic rings. The van der Waals surface area contributed by atoms with E-state index in [1.54, 1.807) is 6.20 Å². The van der Waals surface area contributed by atoms with Crippen molar-refractivity contribution < 1.29 is 13.2 Å². The SMILES string of the molecule is CCn1cc(CC(N)C2CCC(C(F)(F)F)CC2)cn1. The van der Waals surface area contributed by atoms with Gasteiger partial charge in [0.05, 0.1) is 12.1 Å². The summed E-state index contributed by atoms with van der Waals surface area (Å²) < 4.78 is 39.7. The minimum absolute atomic E-state index is 0.0707. The summed E-state index contributed by atoms with van der Waals surface area (Å²) in [4.78, 5) is 0. The highest BCUT2D eigenvalue weighted by Crippen LogP contribution is 2.40. The minimum atomic E-state index is -4.04. The van der Waals surface area contributed by atoms with Gasteiger partial charge in [0.1, 0.15) is 0 Å². The molecule has 6 heteroatoms. The van der Waals surface area contributed by atoms with Crippen LogP contribution < -0.4 is 5.73 Å². The number of aromatic nitrogens is 2. The molecular formula is C14H22F3N3. The van der Waals surface area contributed by atoms with Gasteiger partial charge in [0.25, 0.3) is 0 Å². The molecular weight excluding hydrogens is 267 g/mol.